The van der Waals surface area contributed by atoms with Crippen LogP contribution < -0.4 is 5.32 Å². The normalized spacial score (nSPS) is 12.0. The van der Waals surface area contributed by atoms with Gasteiger partial charge in [0.25, 0.3) is 0 Å². The van der Waals surface area contributed by atoms with Gasteiger partial charge in [-0.05, 0) is 18.5 Å². The van der Waals surface area contributed by atoms with E-state index in [0.717, 1.165) is 16.9 Å². The summed E-state index contributed by atoms with van der Waals surface area (Å²) in [7, 11) is 1.62. The molecule has 1 N–H and O–H groups in total. The molecule has 2 heterocycles. The molecule has 0 fully saturated rings. The second kappa shape index (κ2) is 4.75. The minimum atomic E-state index is -4.39. The van der Waals surface area contributed by atoms with Crippen molar-refractivity contribution in [3.63, 3.8) is 0 Å². The van der Waals surface area contributed by atoms with E-state index in [9.17, 15) is 13.2 Å². The molecule has 0 aliphatic heterocycles. The highest BCUT2D eigenvalue weighted by Gasteiger charge is 2.37. The molecule has 7 heteroatoms. The number of aromatic nitrogens is 1. The van der Waals surface area contributed by atoms with Crippen LogP contribution in [0.25, 0.3) is 10.6 Å². The molecule has 0 spiro atoms. The Morgan fingerprint density at radius 3 is 2.71 bits per heavy atom. The van der Waals surface area contributed by atoms with E-state index in [1.165, 1.54) is 11.3 Å². The summed E-state index contributed by atoms with van der Waals surface area (Å²) in [6, 6.07) is 1.77. The zero-order chi connectivity index (χ0) is 12.5. The fraction of sp³-hybridized carbons (Fsp3) is 0.300. The van der Waals surface area contributed by atoms with Crippen molar-refractivity contribution in [2.45, 2.75) is 12.7 Å². The van der Waals surface area contributed by atoms with Crippen LogP contribution >= 0.6 is 22.7 Å². The third kappa shape index (κ3) is 2.67. The van der Waals surface area contributed by atoms with Gasteiger partial charge in [0.2, 0.25) is 0 Å². The first-order valence-electron chi connectivity index (χ1n) is 4.76. The number of nitrogens with zero attached hydrogens (tertiary/aromatic N) is 1. The SMILES string of the molecule is CNCc1sc(-c2ccsc2)nc1C(F)(F)F. The molecule has 2 nitrogen and oxygen atoms in total. The maximum atomic E-state index is 12.7. The lowest BCUT2D eigenvalue weighted by molar-refractivity contribution is -0.141. The molecule has 0 radical (unpaired) electrons. The van der Waals surface area contributed by atoms with Gasteiger partial charge in [-0.2, -0.15) is 24.5 Å². The van der Waals surface area contributed by atoms with Crippen molar-refractivity contribution < 1.29 is 13.2 Å². The van der Waals surface area contributed by atoms with Gasteiger partial charge in [0.15, 0.2) is 5.69 Å². The summed E-state index contributed by atoms with van der Waals surface area (Å²) in [5.41, 5.74) is -0.0362. The Morgan fingerprint density at radius 1 is 1.41 bits per heavy atom. The predicted octanol–water partition coefficient (Wildman–Crippen LogP) is 3.61. The quantitative estimate of drug-likeness (QED) is 0.927. The van der Waals surface area contributed by atoms with Crippen molar-refractivity contribution in [1.82, 2.24) is 10.3 Å². The molecular weight excluding hydrogens is 269 g/mol. The van der Waals surface area contributed by atoms with Crippen LogP contribution in [0.15, 0.2) is 16.8 Å². The highest BCUT2D eigenvalue weighted by atomic mass is 32.1. The van der Waals surface area contributed by atoms with Crippen molar-refractivity contribution in [3.8, 4) is 10.6 Å². The fourth-order valence-electron chi connectivity index (χ4n) is 1.36. The minimum absolute atomic E-state index is 0.177. The van der Waals surface area contributed by atoms with Gasteiger partial charge in [0, 0.05) is 17.5 Å². The Morgan fingerprint density at radius 2 is 2.18 bits per heavy atom. The monoisotopic (exact) mass is 278 g/mol. The minimum Gasteiger partial charge on any atom is -0.315 e. The Kier molecular flexibility index (Phi) is 3.50. The van der Waals surface area contributed by atoms with Crippen LogP contribution in [0.2, 0.25) is 0 Å². The summed E-state index contributed by atoms with van der Waals surface area (Å²) in [6.45, 7) is 0.177. The molecule has 0 aliphatic carbocycles. The lowest BCUT2D eigenvalue weighted by atomic mass is 10.3. The molecule has 2 aromatic heterocycles. The van der Waals surface area contributed by atoms with Gasteiger partial charge in [0.1, 0.15) is 5.01 Å². The molecule has 0 saturated heterocycles. The molecule has 0 atom stereocenters. The van der Waals surface area contributed by atoms with Gasteiger partial charge in [-0.25, -0.2) is 4.98 Å². The number of hydrogen-bond donors (Lipinski definition) is 1. The van der Waals surface area contributed by atoms with Gasteiger partial charge >= 0.3 is 6.18 Å². The number of rotatable bonds is 3. The Bertz CT molecular complexity index is 488. The average Bonchev–Trinajstić information content (AvgIpc) is 2.82. The van der Waals surface area contributed by atoms with E-state index in [-0.39, 0.29) is 11.4 Å². The highest BCUT2D eigenvalue weighted by Crippen LogP contribution is 2.38. The number of alkyl halides is 3. The first-order chi connectivity index (χ1) is 8.02. The van der Waals surface area contributed by atoms with E-state index in [1.807, 2.05) is 5.38 Å². The first-order valence-corrected chi connectivity index (χ1v) is 6.52. The molecule has 0 aliphatic rings. The van der Waals surface area contributed by atoms with E-state index in [4.69, 9.17) is 0 Å². The van der Waals surface area contributed by atoms with Crippen LogP contribution in [0.1, 0.15) is 10.6 Å². The smallest absolute Gasteiger partial charge is 0.315 e. The van der Waals surface area contributed by atoms with Crippen molar-refractivity contribution in [1.29, 1.82) is 0 Å². The zero-order valence-electron chi connectivity index (χ0n) is 8.84. The molecule has 0 saturated carbocycles. The van der Waals surface area contributed by atoms with Crippen LogP contribution in [-0.2, 0) is 12.7 Å². The van der Waals surface area contributed by atoms with Crippen LogP contribution in [0, 0.1) is 0 Å². The topological polar surface area (TPSA) is 24.9 Å². The summed E-state index contributed by atoms with van der Waals surface area (Å²) < 4.78 is 38.2. The van der Waals surface area contributed by atoms with Crippen molar-refractivity contribution in [2.24, 2.45) is 0 Å². The number of thiophene rings is 1. The number of nitrogens with one attached hydrogen (secondary N) is 1. The lowest BCUT2D eigenvalue weighted by Gasteiger charge is -2.04. The number of hydrogen-bond acceptors (Lipinski definition) is 4. The Hall–Kier alpha value is -0.920. The van der Waals surface area contributed by atoms with Crippen LogP contribution in [0.3, 0.4) is 0 Å². The van der Waals surface area contributed by atoms with Gasteiger partial charge in [-0.3, -0.25) is 0 Å². The third-order valence-electron chi connectivity index (χ3n) is 2.07. The van der Waals surface area contributed by atoms with E-state index in [2.05, 4.69) is 10.3 Å². The van der Waals surface area contributed by atoms with Crippen molar-refractivity contribution >= 4 is 22.7 Å². The van der Waals surface area contributed by atoms with Gasteiger partial charge in [-0.15, -0.1) is 11.3 Å². The van der Waals surface area contributed by atoms with Crippen LogP contribution in [0.5, 0.6) is 0 Å². The van der Waals surface area contributed by atoms with E-state index < -0.39 is 11.9 Å². The number of halogens is 3. The van der Waals surface area contributed by atoms with Crippen molar-refractivity contribution in [2.75, 3.05) is 7.05 Å². The molecular formula is C10H9F3N2S2. The standard InChI is InChI=1S/C10H9F3N2S2/c1-14-4-7-8(10(11,12)13)15-9(17-7)6-2-3-16-5-6/h2-3,5,14H,4H2,1H3. The Labute approximate surface area is 104 Å². The van der Waals surface area contributed by atoms with Crippen LogP contribution in [0.4, 0.5) is 13.2 Å². The summed E-state index contributed by atoms with van der Waals surface area (Å²) in [5, 5.41) is 6.76. The van der Waals surface area contributed by atoms with E-state index >= 15 is 0 Å². The fourth-order valence-corrected chi connectivity index (χ4v) is 3.17. The predicted molar refractivity (Wildman–Crippen MR) is 63.2 cm³/mol. The molecule has 0 amide bonds. The summed E-state index contributed by atoms with van der Waals surface area (Å²) in [4.78, 5) is 3.93. The summed E-state index contributed by atoms with van der Waals surface area (Å²) in [6.07, 6.45) is -4.39. The maximum Gasteiger partial charge on any atom is 0.434 e. The Balaban J connectivity index is 2.45. The van der Waals surface area contributed by atoms with Crippen molar-refractivity contribution in [3.05, 3.63) is 27.4 Å². The molecule has 0 unspecified atom stereocenters. The van der Waals surface area contributed by atoms with E-state index in [1.54, 1.807) is 18.5 Å². The highest BCUT2D eigenvalue weighted by molar-refractivity contribution is 7.15. The molecule has 0 bridgehead atoms. The lowest BCUT2D eigenvalue weighted by Crippen LogP contribution is -2.12. The maximum absolute atomic E-state index is 12.7. The van der Waals surface area contributed by atoms with Gasteiger partial charge < -0.3 is 5.32 Å². The summed E-state index contributed by atoms with van der Waals surface area (Å²) >= 11 is 2.52. The molecule has 92 valence electrons. The summed E-state index contributed by atoms with van der Waals surface area (Å²) in [5.74, 6) is 0. The average molecular weight is 278 g/mol. The molecule has 0 aromatic carbocycles. The number of thiazole rings is 1. The third-order valence-corrected chi connectivity index (χ3v) is 3.86. The largest absolute Gasteiger partial charge is 0.434 e. The van der Waals surface area contributed by atoms with Gasteiger partial charge in [-0.1, -0.05) is 0 Å². The molecule has 2 aromatic rings. The van der Waals surface area contributed by atoms with Gasteiger partial charge in [0.05, 0.1) is 4.88 Å². The van der Waals surface area contributed by atoms with Crippen LogP contribution in [-0.4, -0.2) is 12.0 Å². The zero-order valence-corrected chi connectivity index (χ0v) is 10.5. The first kappa shape index (κ1) is 12.5. The molecule has 2 rings (SSSR count). The van der Waals surface area contributed by atoms with E-state index in [0.29, 0.717) is 5.01 Å². The molecule has 17 heavy (non-hydrogen) atoms. The second-order valence-corrected chi connectivity index (χ2v) is 5.19. The second-order valence-electron chi connectivity index (χ2n) is 3.33.